The van der Waals surface area contributed by atoms with Gasteiger partial charge in [0.15, 0.2) is 0 Å². The molecule has 4 atom stereocenters. The summed E-state index contributed by atoms with van der Waals surface area (Å²) in [5.74, 6) is -2.92. The number of carboxylic acids is 1. The molecule has 1 aromatic carbocycles. The Morgan fingerprint density at radius 2 is 1.42 bits per heavy atom. The van der Waals surface area contributed by atoms with E-state index in [1.165, 1.54) is 6.92 Å². The summed E-state index contributed by atoms with van der Waals surface area (Å²) in [7, 11) is 0. The second-order valence-electron chi connectivity index (χ2n) is 7.81. The van der Waals surface area contributed by atoms with Crippen molar-refractivity contribution in [3.63, 3.8) is 0 Å². The normalized spacial score (nSPS) is 14.8. The van der Waals surface area contributed by atoms with Crippen LogP contribution in [0.3, 0.4) is 0 Å². The first kappa shape index (κ1) is 26.4. The standard InChI is InChI=1S/C21H32N4O5S/c1-12(2)9-16(21(29)30)24-20(28)17(11-31)25-19(27)15(23-18(26)13(3)22)10-14-7-5-4-6-8-14/h4-8,12-13,15-17,31H,9-11,22H2,1-3H3,(H,23,26)(H,24,28)(H,25,27)(H,29,30). The highest BCUT2D eigenvalue weighted by Gasteiger charge is 2.29. The van der Waals surface area contributed by atoms with Crippen LogP contribution in [0.1, 0.15) is 32.8 Å². The largest absolute Gasteiger partial charge is 0.480 e. The van der Waals surface area contributed by atoms with E-state index in [0.717, 1.165) is 5.56 Å². The summed E-state index contributed by atoms with van der Waals surface area (Å²) in [6.45, 7) is 5.18. The highest BCUT2D eigenvalue weighted by molar-refractivity contribution is 7.80. The molecular weight excluding hydrogens is 420 g/mol. The van der Waals surface area contributed by atoms with E-state index in [4.69, 9.17) is 5.73 Å². The molecule has 0 aliphatic carbocycles. The van der Waals surface area contributed by atoms with Crippen molar-refractivity contribution in [1.82, 2.24) is 16.0 Å². The van der Waals surface area contributed by atoms with Gasteiger partial charge in [-0.05, 0) is 24.8 Å². The van der Waals surface area contributed by atoms with Gasteiger partial charge in [0.25, 0.3) is 0 Å². The number of nitrogens with one attached hydrogen (secondary N) is 3. The molecule has 1 rings (SSSR count). The van der Waals surface area contributed by atoms with Gasteiger partial charge in [-0.25, -0.2) is 4.79 Å². The first-order valence-corrected chi connectivity index (χ1v) is 10.7. The Bertz CT molecular complexity index is 757. The Morgan fingerprint density at radius 3 is 1.90 bits per heavy atom. The summed E-state index contributed by atoms with van der Waals surface area (Å²) in [6.07, 6.45) is 0.437. The number of aliphatic carboxylic acids is 1. The van der Waals surface area contributed by atoms with E-state index >= 15 is 0 Å². The van der Waals surface area contributed by atoms with Crippen molar-refractivity contribution in [3.05, 3.63) is 35.9 Å². The first-order chi connectivity index (χ1) is 14.5. The Balaban J connectivity index is 2.92. The van der Waals surface area contributed by atoms with Gasteiger partial charge in [0.2, 0.25) is 17.7 Å². The first-order valence-electron chi connectivity index (χ1n) is 10.1. The number of hydrogen-bond acceptors (Lipinski definition) is 6. The highest BCUT2D eigenvalue weighted by Crippen LogP contribution is 2.07. The molecule has 6 N–H and O–H groups in total. The van der Waals surface area contributed by atoms with Crippen LogP contribution in [0, 0.1) is 5.92 Å². The van der Waals surface area contributed by atoms with Crippen LogP contribution >= 0.6 is 12.6 Å². The maximum atomic E-state index is 12.9. The van der Waals surface area contributed by atoms with Crippen LogP contribution in [0.15, 0.2) is 30.3 Å². The van der Waals surface area contributed by atoms with Gasteiger partial charge in [-0.2, -0.15) is 12.6 Å². The average Bonchev–Trinajstić information content (AvgIpc) is 2.70. The van der Waals surface area contributed by atoms with Crippen LogP contribution < -0.4 is 21.7 Å². The van der Waals surface area contributed by atoms with Crippen LogP contribution in [0.5, 0.6) is 0 Å². The van der Waals surface area contributed by atoms with Crippen molar-refractivity contribution in [2.24, 2.45) is 11.7 Å². The predicted octanol–water partition coefficient (Wildman–Crippen LogP) is 0.0912. The fraction of sp³-hybridized carbons (Fsp3) is 0.524. The lowest BCUT2D eigenvalue weighted by Crippen LogP contribution is -2.58. The predicted molar refractivity (Wildman–Crippen MR) is 121 cm³/mol. The molecule has 0 aliphatic rings. The lowest BCUT2D eigenvalue weighted by Gasteiger charge is -2.24. The van der Waals surface area contributed by atoms with Gasteiger partial charge in [-0.15, -0.1) is 0 Å². The number of nitrogens with two attached hydrogens (primary N) is 1. The molecule has 0 saturated heterocycles. The minimum absolute atomic E-state index is 0.0501. The van der Waals surface area contributed by atoms with Gasteiger partial charge in [-0.3, -0.25) is 14.4 Å². The lowest BCUT2D eigenvalue weighted by atomic mass is 10.0. The zero-order valence-corrected chi connectivity index (χ0v) is 18.9. The van der Waals surface area contributed by atoms with Gasteiger partial charge < -0.3 is 26.8 Å². The van der Waals surface area contributed by atoms with E-state index in [2.05, 4.69) is 28.6 Å². The smallest absolute Gasteiger partial charge is 0.326 e. The average molecular weight is 453 g/mol. The molecule has 0 bridgehead atoms. The van der Waals surface area contributed by atoms with Gasteiger partial charge in [0.05, 0.1) is 6.04 Å². The molecule has 172 valence electrons. The molecule has 31 heavy (non-hydrogen) atoms. The lowest BCUT2D eigenvalue weighted by molar-refractivity contribution is -0.142. The second kappa shape index (κ2) is 13.0. The third-order valence-corrected chi connectivity index (χ3v) is 4.83. The molecule has 0 saturated carbocycles. The molecule has 3 amide bonds. The quantitative estimate of drug-likeness (QED) is 0.247. The summed E-state index contributed by atoms with van der Waals surface area (Å²) in [4.78, 5) is 49.0. The molecule has 0 radical (unpaired) electrons. The van der Waals surface area contributed by atoms with Gasteiger partial charge in [0.1, 0.15) is 18.1 Å². The summed E-state index contributed by atoms with van der Waals surface area (Å²) in [6, 6.07) is 5.13. The zero-order chi connectivity index (χ0) is 23.6. The molecule has 0 aliphatic heterocycles. The zero-order valence-electron chi connectivity index (χ0n) is 18.0. The number of carboxylic acid groups (broad SMARTS) is 1. The minimum atomic E-state index is -1.16. The molecule has 1 aromatic rings. The number of thiol groups is 1. The topological polar surface area (TPSA) is 151 Å². The van der Waals surface area contributed by atoms with Gasteiger partial charge in [0, 0.05) is 12.2 Å². The highest BCUT2D eigenvalue weighted by atomic mass is 32.1. The summed E-state index contributed by atoms with van der Waals surface area (Å²) in [5.41, 5.74) is 6.41. The van der Waals surface area contributed by atoms with Crippen molar-refractivity contribution in [2.75, 3.05) is 5.75 Å². The second-order valence-corrected chi connectivity index (χ2v) is 8.18. The van der Waals surface area contributed by atoms with Crippen molar-refractivity contribution >= 4 is 36.3 Å². The van der Waals surface area contributed by atoms with E-state index in [0.29, 0.717) is 0 Å². The fourth-order valence-corrected chi connectivity index (χ4v) is 3.05. The van der Waals surface area contributed by atoms with Gasteiger partial charge in [-0.1, -0.05) is 44.2 Å². The van der Waals surface area contributed by atoms with E-state index in [-0.39, 0.29) is 24.5 Å². The van der Waals surface area contributed by atoms with E-state index in [1.54, 1.807) is 0 Å². The monoisotopic (exact) mass is 452 g/mol. The summed E-state index contributed by atoms with van der Waals surface area (Å²) < 4.78 is 0. The maximum absolute atomic E-state index is 12.9. The third kappa shape index (κ3) is 9.39. The number of hydrogen-bond donors (Lipinski definition) is 6. The van der Waals surface area contributed by atoms with Crippen molar-refractivity contribution in [1.29, 1.82) is 0 Å². The number of benzene rings is 1. The maximum Gasteiger partial charge on any atom is 0.326 e. The summed E-state index contributed by atoms with van der Waals surface area (Å²) >= 11 is 4.11. The van der Waals surface area contributed by atoms with Crippen molar-refractivity contribution in [2.45, 2.75) is 57.8 Å². The van der Waals surface area contributed by atoms with Crippen LogP contribution in [-0.2, 0) is 25.6 Å². The molecule has 9 nitrogen and oxygen atoms in total. The molecular formula is C21H32N4O5S. The molecule has 0 aromatic heterocycles. The Labute approximate surface area is 187 Å². The van der Waals surface area contributed by atoms with Crippen molar-refractivity contribution < 1.29 is 24.3 Å². The number of amides is 3. The van der Waals surface area contributed by atoms with E-state index < -0.39 is 47.9 Å². The van der Waals surface area contributed by atoms with Crippen LogP contribution in [0.25, 0.3) is 0 Å². The van der Waals surface area contributed by atoms with E-state index in [1.807, 2.05) is 44.2 Å². The molecule has 4 unspecified atom stereocenters. The Hall–Kier alpha value is -2.59. The van der Waals surface area contributed by atoms with E-state index in [9.17, 15) is 24.3 Å². The molecule has 0 spiro atoms. The SMILES string of the molecule is CC(C)CC(NC(=O)C(CS)NC(=O)C(Cc1ccccc1)NC(=O)C(C)N)C(=O)O. The minimum Gasteiger partial charge on any atom is -0.480 e. The molecule has 10 heteroatoms. The third-order valence-electron chi connectivity index (χ3n) is 4.47. The van der Waals surface area contributed by atoms with Crippen molar-refractivity contribution in [3.8, 4) is 0 Å². The van der Waals surface area contributed by atoms with Gasteiger partial charge >= 0.3 is 5.97 Å². The van der Waals surface area contributed by atoms with Crippen LogP contribution in [0.2, 0.25) is 0 Å². The fourth-order valence-electron chi connectivity index (χ4n) is 2.79. The summed E-state index contributed by atoms with van der Waals surface area (Å²) in [5, 5.41) is 16.9. The number of carbonyl (C=O) groups is 4. The Morgan fingerprint density at radius 1 is 0.903 bits per heavy atom. The number of rotatable bonds is 12. The molecule has 0 heterocycles. The molecule has 0 fully saturated rings. The van der Waals surface area contributed by atoms with Crippen LogP contribution in [-0.4, -0.2) is 58.7 Å². The Kier molecular flexibility index (Phi) is 11.1. The van der Waals surface area contributed by atoms with Crippen LogP contribution in [0.4, 0.5) is 0 Å². The number of carbonyl (C=O) groups excluding carboxylic acids is 3.